The van der Waals surface area contributed by atoms with E-state index in [9.17, 15) is 26.3 Å². The van der Waals surface area contributed by atoms with Crippen molar-refractivity contribution in [2.24, 2.45) is 5.73 Å². The molecule has 0 amide bonds. The number of alkyl halides is 5. The molecule has 1 aromatic rings. The number of hydrogen-bond donors (Lipinski definition) is 1. The molecule has 0 aliphatic heterocycles. The van der Waals surface area contributed by atoms with Gasteiger partial charge in [0.05, 0.1) is 11.1 Å². The van der Waals surface area contributed by atoms with Crippen molar-refractivity contribution >= 4 is 0 Å². The van der Waals surface area contributed by atoms with E-state index in [0.717, 1.165) is 6.07 Å². The molecule has 0 atom stereocenters. The number of halogens is 6. The van der Waals surface area contributed by atoms with Gasteiger partial charge in [0.15, 0.2) is 0 Å². The first-order valence-electron chi connectivity index (χ1n) is 5.07. The highest BCUT2D eigenvalue weighted by Gasteiger charge is 2.55. The van der Waals surface area contributed by atoms with E-state index in [1.54, 1.807) is 0 Å². The number of hydrogen-bond acceptors (Lipinski definition) is 1. The standard InChI is InChI=1S/C11H9F6N/c12-8-3-6(1-2-7(8)11(15,16)17)9(18)4-10(13,14)5-9/h1-3H,4-5,18H2. The van der Waals surface area contributed by atoms with Gasteiger partial charge >= 0.3 is 6.18 Å². The molecule has 2 rings (SSSR count). The molecule has 7 heteroatoms. The molecular weight excluding hydrogens is 260 g/mol. The van der Waals surface area contributed by atoms with Gasteiger partial charge in [-0.25, -0.2) is 13.2 Å². The van der Waals surface area contributed by atoms with Crippen LogP contribution in [-0.2, 0) is 11.7 Å². The molecule has 0 bridgehead atoms. The van der Waals surface area contributed by atoms with Crippen molar-refractivity contribution in [1.82, 2.24) is 0 Å². The predicted octanol–water partition coefficient (Wildman–Crippen LogP) is 3.43. The van der Waals surface area contributed by atoms with E-state index in [2.05, 4.69) is 0 Å². The van der Waals surface area contributed by atoms with Crippen LogP contribution in [0.15, 0.2) is 18.2 Å². The van der Waals surface area contributed by atoms with Gasteiger partial charge in [0, 0.05) is 12.8 Å². The van der Waals surface area contributed by atoms with Gasteiger partial charge < -0.3 is 5.73 Å². The first-order chi connectivity index (χ1) is 8.04. The lowest BCUT2D eigenvalue weighted by Crippen LogP contribution is -2.55. The summed E-state index contributed by atoms with van der Waals surface area (Å²) in [7, 11) is 0. The second-order valence-corrected chi connectivity index (χ2v) is 4.56. The van der Waals surface area contributed by atoms with Gasteiger partial charge in [-0.2, -0.15) is 13.2 Å². The smallest absolute Gasteiger partial charge is 0.321 e. The molecule has 1 aliphatic carbocycles. The molecule has 0 spiro atoms. The highest BCUT2D eigenvalue weighted by atomic mass is 19.4. The highest BCUT2D eigenvalue weighted by Crippen LogP contribution is 2.50. The summed E-state index contributed by atoms with van der Waals surface area (Å²) < 4.78 is 75.6. The van der Waals surface area contributed by atoms with Crippen LogP contribution in [-0.4, -0.2) is 5.92 Å². The Morgan fingerprint density at radius 2 is 1.67 bits per heavy atom. The Bertz CT molecular complexity index is 471. The largest absolute Gasteiger partial charge is 0.419 e. The highest BCUT2D eigenvalue weighted by molar-refractivity contribution is 5.34. The fraction of sp³-hybridized carbons (Fsp3) is 0.455. The van der Waals surface area contributed by atoms with E-state index >= 15 is 0 Å². The maximum Gasteiger partial charge on any atom is 0.419 e. The fourth-order valence-electron chi connectivity index (χ4n) is 2.13. The van der Waals surface area contributed by atoms with Crippen LogP contribution in [0.25, 0.3) is 0 Å². The van der Waals surface area contributed by atoms with Crippen molar-refractivity contribution in [3.8, 4) is 0 Å². The van der Waals surface area contributed by atoms with Gasteiger partial charge in [-0.3, -0.25) is 0 Å². The predicted molar refractivity (Wildman–Crippen MR) is 51.4 cm³/mol. The summed E-state index contributed by atoms with van der Waals surface area (Å²) in [5, 5.41) is 0. The Balaban J connectivity index is 2.31. The molecule has 1 nitrogen and oxygen atoms in total. The average molecular weight is 269 g/mol. The van der Waals surface area contributed by atoms with Crippen LogP contribution in [0.3, 0.4) is 0 Å². The van der Waals surface area contributed by atoms with Crippen LogP contribution in [0.2, 0.25) is 0 Å². The molecule has 0 saturated heterocycles. The molecule has 1 aliphatic rings. The molecule has 0 unspecified atom stereocenters. The lowest BCUT2D eigenvalue weighted by atomic mass is 9.70. The third-order valence-corrected chi connectivity index (χ3v) is 3.00. The minimum atomic E-state index is -4.81. The van der Waals surface area contributed by atoms with Crippen LogP contribution in [0, 0.1) is 5.82 Å². The SMILES string of the molecule is NC1(c2ccc(C(F)(F)F)c(F)c2)CC(F)(F)C1. The van der Waals surface area contributed by atoms with E-state index < -0.39 is 41.9 Å². The van der Waals surface area contributed by atoms with Crippen LogP contribution >= 0.6 is 0 Å². The van der Waals surface area contributed by atoms with Crippen molar-refractivity contribution < 1.29 is 26.3 Å². The summed E-state index contributed by atoms with van der Waals surface area (Å²) >= 11 is 0. The second-order valence-electron chi connectivity index (χ2n) is 4.56. The van der Waals surface area contributed by atoms with Gasteiger partial charge in [0.2, 0.25) is 0 Å². The monoisotopic (exact) mass is 269 g/mol. The van der Waals surface area contributed by atoms with E-state index in [-0.39, 0.29) is 5.56 Å². The first kappa shape index (κ1) is 13.2. The Morgan fingerprint density at radius 3 is 2.06 bits per heavy atom. The summed E-state index contributed by atoms with van der Waals surface area (Å²) in [5.41, 5.74) is 2.68. The fourth-order valence-corrected chi connectivity index (χ4v) is 2.13. The Hall–Kier alpha value is -1.24. The second kappa shape index (κ2) is 3.63. The van der Waals surface area contributed by atoms with Gasteiger partial charge in [0.1, 0.15) is 5.82 Å². The molecule has 100 valence electrons. The zero-order valence-electron chi connectivity index (χ0n) is 8.99. The maximum atomic E-state index is 13.3. The molecule has 0 heterocycles. The molecule has 18 heavy (non-hydrogen) atoms. The molecular formula is C11H9F6N. The molecule has 0 radical (unpaired) electrons. The Labute approximate surface area is 98.6 Å². The third kappa shape index (κ3) is 2.19. The normalized spacial score (nSPS) is 21.5. The van der Waals surface area contributed by atoms with Gasteiger partial charge in [-0.05, 0) is 17.7 Å². The molecule has 1 aromatic carbocycles. The maximum absolute atomic E-state index is 13.3. The lowest BCUT2D eigenvalue weighted by molar-refractivity contribution is -0.140. The zero-order chi connectivity index (χ0) is 13.8. The van der Waals surface area contributed by atoms with Crippen molar-refractivity contribution in [1.29, 1.82) is 0 Å². The van der Waals surface area contributed by atoms with Crippen LogP contribution in [0.1, 0.15) is 24.0 Å². The zero-order valence-corrected chi connectivity index (χ0v) is 8.99. The van der Waals surface area contributed by atoms with Crippen molar-refractivity contribution in [3.63, 3.8) is 0 Å². The quantitative estimate of drug-likeness (QED) is 0.777. The minimum absolute atomic E-state index is 0.0427. The summed E-state index contributed by atoms with van der Waals surface area (Å²) in [5.74, 6) is -4.44. The Morgan fingerprint density at radius 1 is 1.11 bits per heavy atom. The van der Waals surface area contributed by atoms with Gasteiger partial charge in [0.25, 0.3) is 5.92 Å². The number of rotatable bonds is 1. The van der Waals surface area contributed by atoms with E-state index in [4.69, 9.17) is 5.73 Å². The first-order valence-corrected chi connectivity index (χ1v) is 5.07. The third-order valence-electron chi connectivity index (χ3n) is 3.00. The summed E-state index contributed by atoms with van der Waals surface area (Å²) in [6, 6.07) is 2.05. The molecule has 2 N–H and O–H groups in total. The van der Waals surface area contributed by atoms with Gasteiger partial charge in [-0.1, -0.05) is 6.07 Å². The molecule has 1 fully saturated rings. The van der Waals surface area contributed by atoms with E-state index in [1.807, 2.05) is 0 Å². The van der Waals surface area contributed by atoms with Crippen LogP contribution < -0.4 is 5.73 Å². The van der Waals surface area contributed by atoms with Gasteiger partial charge in [-0.15, -0.1) is 0 Å². The summed E-state index contributed by atoms with van der Waals surface area (Å²) in [6.07, 6.45) is -6.19. The lowest BCUT2D eigenvalue weighted by Gasteiger charge is -2.44. The molecule has 0 aromatic heterocycles. The van der Waals surface area contributed by atoms with E-state index in [0.29, 0.717) is 12.1 Å². The van der Waals surface area contributed by atoms with Crippen LogP contribution in [0.5, 0.6) is 0 Å². The number of benzene rings is 1. The minimum Gasteiger partial charge on any atom is -0.321 e. The average Bonchev–Trinajstić information content (AvgIpc) is 2.12. The van der Waals surface area contributed by atoms with Crippen molar-refractivity contribution in [2.75, 3.05) is 0 Å². The Kier molecular flexibility index (Phi) is 2.66. The number of nitrogens with two attached hydrogens (primary N) is 1. The van der Waals surface area contributed by atoms with Crippen molar-refractivity contribution in [2.45, 2.75) is 30.5 Å². The van der Waals surface area contributed by atoms with Crippen LogP contribution in [0.4, 0.5) is 26.3 Å². The topological polar surface area (TPSA) is 26.0 Å². The summed E-state index contributed by atoms with van der Waals surface area (Å²) in [4.78, 5) is 0. The molecule has 1 saturated carbocycles. The van der Waals surface area contributed by atoms with Crippen molar-refractivity contribution in [3.05, 3.63) is 35.1 Å². The van der Waals surface area contributed by atoms with E-state index in [1.165, 1.54) is 0 Å². The summed E-state index contributed by atoms with van der Waals surface area (Å²) in [6.45, 7) is 0.